The number of nitrogens with one attached hydrogen (secondary N) is 1. The number of ether oxygens (including phenoxy) is 1. The van der Waals surface area contributed by atoms with Crippen LogP contribution < -0.4 is 5.32 Å². The quantitative estimate of drug-likeness (QED) is 0.622. The molecular formula is C18H25NO3. The zero-order chi connectivity index (χ0) is 16.5. The van der Waals surface area contributed by atoms with E-state index in [0.29, 0.717) is 0 Å². The molecule has 2 atom stereocenters. The Bertz CT molecular complexity index is 518. The molecule has 2 unspecified atom stereocenters. The summed E-state index contributed by atoms with van der Waals surface area (Å²) < 4.78 is 5.06. The molecule has 0 aliphatic rings. The van der Waals surface area contributed by atoms with Gasteiger partial charge in [-0.15, -0.1) is 0 Å². The van der Waals surface area contributed by atoms with E-state index in [1.54, 1.807) is 20.8 Å². The monoisotopic (exact) mass is 303 g/mol. The van der Waals surface area contributed by atoms with Gasteiger partial charge in [-0.1, -0.05) is 35.9 Å². The Morgan fingerprint density at radius 2 is 1.82 bits per heavy atom. The first-order chi connectivity index (χ1) is 10.4. The molecule has 0 heterocycles. The molecule has 0 saturated heterocycles. The van der Waals surface area contributed by atoms with Crippen LogP contribution in [-0.2, 0) is 20.7 Å². The molecule has 1 rings (SSSR count). The SMILES string of the molecule is CC(C)=CC(=O)OC(C)C(=O)NC(C)CCc1ccccc1. The lowest BCUT2D eigenvalue weighted by molar-refractivity contribution is -0.150. The summed E-state index contributed by atoms with van der Waals surface area (Å²) in [7, 11) is 0. The molecule has 0 aliphatic carbocycles. The minimum absolute atomic E-state index is 0.0253. The highest BCUT2D eigenvalue weighted by Crippen LogP contribution is 2.05. The van der Waals surface area contributed by atoms with Gasteiger partial charge in [-0.3, -0.25) is 4.79 Å². The highest BCUT2D eigenvalue weighted by Gasteiger charge is 2.18. The van der Waals surface area contributed by atoms with Crippen molar-refractivity contribution in [3.05, 3.63) is 47.5 Å². The number of esters is 1. The zero-order valence-corrected chi connectivity index (χ0v) is 13.8. The van der Waals surface area contributed by atoms with Crippen molar-refractivity contribution < 1.29 is 14.3 Å². The van der Waals surface area contributed by atoms with Crippen molar-refractivity contribution in [3.8, 4) is 0 Å². The van der Waals surface area contributed by atoms with Gasteiger partial charge in [0, 0.05) is 12.1 Å². The Balaban J connectivity index is 2.36. The summed E-state index contributed by atoms with van der Waals surface area (Å²) >= 11 is 0. The molecule has 22 heavy (non-hydrogen) atoms. The molecule has 0 fully saturated rings. The van der Waals surface area contributed by atoms with E-state index in [-0.39, 0.29) is 11.9 Å². The molecule has 0 radical (unpaired) electrons. The van der Waals surface area contributed by atoms with Crippen LogP contribution in [0.1, 0.15) is 39.7 Å². The topological polar surface area (TPSA) is 55.4 Å². The second kappa shape index (κ2) is 9.03. The van der Waals surface area contributed by atoms with Gasteiger partial charge in [0.2, 0.25) is 0 Å². The van der Waals surface area contributed by atoms with E-state index in [1.165, 1.54) is 11.6 Å². The molecule has 0 saturated carbocycles. The normalized spacial score (nSPS) is 12.9. The van der Waals surface area contributed by atoms with Crippen LogP contribution in [0, 0.1) is 0 Å². The summed E-state index contributed by atoms with van der Waals surface area (Å²) in [4.78, 5) is 23.5. The summed E-state index contributed by atoms with van der Waals surface area (Å²) in [5.74, 6) is -0.754. The molecule has 0 aliphatic heterocycles. The molecule has 120 valence electrons. The molecule has 4 nitrogen and oxygen atoms in total. The fourth-order valence-corrected chi connectivity index (χ4v) is 1.96. The number of carbonyl (C=O) groups excluding carboxylic acids is 2. The number of amides is 1. The summed E-state index contributed by atoms with van der Waals surface area (Å²) in [5.41, 5.74) is 2.08. The van der Waals surface area contributed by atoms with Crippen LogP contribution >= 0.6 is 0 Å². The summed E-state index contributed by atoms with van der Waals surface area (Å²) in [6.07, 6.45) is 2.32. The predicted molar refractivity (Wildman–Crippen MR) is 87.4 cm³/mol. The second-order valence-corrected chi connectivity index (χ2v) is 5.73. The first-order valence-electron chi connectivity index (χ1n) is 7.58. The summed E-state index contributed by atoms with van der Waals surface area (Å²) in [6.45, 7) is 7.14. The third kappa shape index (κ3) is 7.07. The number of benzene rings is 1. The van der Waals surface area contributed by atoms with E-state index < -0.39 is 12.1 Å². The minimum Gasteiger partial charge on any atom is -0.449 e. The van der Waals surface area contributed by atoms with Crippen molar-refractivity contribution >= 4 is 11.9 Å². The Hall–Kier alpha value is -2.10. The van der Waals surface area contributed by atoms with E-state index in [1.807, 2.05) is 25.1 Å². The van der Waals surface area contributed by atoms with E-state index >= 15 is 0 Å². The van der Waals surface area contributed by atoms with E-state index in [4.69, 9.17) is 4.74 Å². The predicted octanol–water partition coefficient (Wildman–Crippen LogP) is 3.02. The Morgan fingerprint density at radius 3 is 2.41 bits per heavy atom. The van der Waals surface area contributed by atoms with E-state index in [2.05, 4.69) is 17.4 Å². The molecule has 1 aromatic rings. The third-order valence-electron chi connectivity index (χ3n) is 3.17. The molecule has 1 N–H and O–H groups in total. The van der Waals surface area contributed by atoms with Crippen molar-refractivity contribution in [3.63, 3.8) is 0 Å². The lowest BCUT2D eigenvalue weighted by atomic mass is 10.1. The number of aryl methyl sites for hydroxylation is 1. The van der Waals surface area contributed by atoms with Crippen LogP contribution in [0.25, 0.3) is 0 Å². The van der Waals surface area contributed by atoms with Crippen LogP contribution in [0.5, 0.6) is 0 Å². The third-order valence-corrected chi connectivity index (χ3v) is 3.17. The Kier molecular flexibility index (Phi) is 7.37. The van der Waals surface area contributed by atoms with Gasteiger partial charge in [0.15, 0.2) is 6.10 Å². The van der Waals surface area contributed by atoms with Gasteiger partial charge >= 0.3 is 5.97 Å². The maximum absolute atomic E-state index is 12.0. The smallest absolute Gasteiger partial charge is 0.331 e. The molecule has 1 amide bonds. The molecule has 4 heteroatoms. The standard InChI is InChI=1S/C18H25NO3/c1-13(2)12-17(20)22-15(4)18(21)19-14(3)10-11-16-8-6-5-7-9-16/h5-9,12,14-15H,10-11H2,1-4H3,(H,19,21). The van der Waals surface area contributed by atoms with Gasteiger partial charge in [0.1, 0.15) is 0 Å². The lowest BCUT2D eigenvalue weighted by Crippen LogP contribution is -2.40. The van der Waals surface area contributed by atoms with Gasteiger partial charge < -0.3 is 10.1 Å². The van der Waals surface area contributed by atoms with Crippen molar-refractivity contribution in [2.24, 2.45) is 0 Å². The van der Waals surface area contributed by atoms with Crippen molar-refractivity contribution in [2.45, 2.75) is 52.7 Å². The van der Waals surface area contributed by atoms with Crippen molar-refractivity contribution in [1.82, 2.24) is 5.32 Å². The fraction of sp³-hybridized carbons (Fsp3) is 0.444. The van der Waals surface area contributed by atoms with Crippen LogP contribution in [0.2, 0.25) is 0 Å². The van der Waals surface area contributed by atoms with Crippen LogP contribution in [0.3, 0.4) is 0 Å². The molecular weight excluding hydrogens is 278 g/mol. The second-order valence-electron chi connectivity index (χ2n) is 5.73. The van der Waals surface area contributed by atoms with Gasteiger partial charge in [-0.2, -0.15) is 0 Å². The van der Waals surface area contributed by atoms with E-state index in [9.17, 15) is 9.59 Å². The first kappa shape index (κ1) is 18.0. The van der Waals surface area contributed by atoms with Crippen LogP contribution in [-0.4, -0.2) is 24.0 Å². The lowest BCUT2D eigenvalue weighted by Gasteiger charge is -2.17. The minimum atomic E-state index is -0.790. The summed E-state index contributed by atoms with van der Waals surface area (Å²) in [5, 5.41) is 2.87. The molecule has 0 bridgehead atoms. The first-order valence-corrected chi connectivity index (χ1v) is 7.58. The molecule has 0 aromatic heterocycles. The van der Waals surface area contributed by atoms with Crippen molar-refractivity contribution in [1.29, 1.82) is 0 Å². The largest absolute Gasteiger partial charge is 0.449 e. The summed E-state index contributed by atoms with van der Waals surface area (Å²) in [6, 6.07) is 10.2. The van der Waals surface area contributed by atoms with Gasteiger partial charge in [-0.05, 0) is 46.1 Å². The maximum Gasteiger partial charge on any atom is 0.331 e. The van der Waals surface area contributed by atoms with Crippen LogP contribution in [0.4, 0.5) is 0 Å². The average molecular weight is 303 g/mol. The number of allylic oxidation sites excluding steroid dienone is 1. The zero-order valence-electron chi connectivity index (χ0n) is 13.8. The van der Waals surface area contributed by atoms with Gasteiger partial charge in [0.05, 0.1) is 0 Å². The molecule has 0 spiro atoms. The van der Waals surface area contributed by atoms with Gasteiger partial charge in [0.25, 0.3) is 5.91 Å². The maximum atomic E-state index is 12.0. The van der Waals surface area contributed by atoms with Crippen LogP contribution in [0.15, 0.2) is 42.0 Å². The Labute approximate surface area is 132 Å². The fourth-order valence-electron chi connectivity index (χ4n) is 1.96. The Morgan fingerprint density at radius 1 is 1.18 bits per heavy atom. The molecule has 1 aromatic carbocycles. The number of rotatable bonds is 7. The highest BCUT2D eigenvalue weighted by molar-refractivity contribution is 5.87. The van der Waals surface area contributed by atoms with E-state index in [0.717, 1.165) is 18.4 Å². The number of hydrogen-bond donors (Lipinski definition) is 1. The number of hydrogen-bond acceptors (Lipinski definition) is 3. The highest BCUT2D eigenvalue weighted by atomic mass is 16.5. The average Bonchev–Trinajstić information content (AvgIpc) is 2.45. The number of carbonyl (C=O) groups is 2. The van der Waals surface area contributed by atoms with Gasteiger partial charge in [-0.25, -0.2) is 4.79 Å². The van der Waals surface area contributed by atoms with Crippen molar-refractivity contribution in [2.75, 3.05) is 0 Å².